The molecular formula is C12H15BrN2O. The predicted octanol–water partition coefficient (Wildman–Crippen LogP) is 2.58. The summed E-state index contributed by atoms with van der Waals surface area (Å²) in [5.41, 5.74) is 8.56. The Morgan fingerprint density at radius 2 is 2.19 bits per heavy atom. The van der Waals surface area contributed by atoms with Gasteiger partial charge in [0.25, 0.3) is 0 Å². The smallest absolute Gasteiger partial charge is 0.231 e. The quantitative estimate of drug-likeness (QED) is 0.848. The van der Waals surface area contributed by atoms with Crippen LogP contribution in [0.2, 0.25) is 0 Å². The normalized spacial score (nSPS) is 14.8. The Balaban J connectivity index is 2.40. The average Bonchev–Trinajstić information content (AvgIpc) is 2.45. The Morgan fingerprint density at radius 1 is 1.50 bits per heavy atom. The van der Waals surface area contributed by atoms with Crippen molar-refractivity contribution in [2.45, 2.75) is 20.3 Å². The second-order valence-electron chi connectivity index (χ2n) is 4.58. The van der Waals surface area contributed by atoms with E-state index in [4.69, 9.17) is 5.73 Å². The summed E-state index contributed by atoms with van der Waals surface area (Å²) in [5.74, 6) is 0.626. The number of nitrogens with zero attached hydrogens (tertiary/aromatic N) is 1. The van der Waals surface area contributed by atoms with Crippen LogP contribution in [0.25, 0.3) is 0 Å². The van der Waals surface area contributed by atoms with Crippen molar-refractivity contribution >= 4 is 33.2 Å². The summed E-state index contributed by atoms with van der Waals surface area (Å²) in [6.45, 7) is 4.97. The zero-order chi connectivity index (χ0) is 11.9. The standard InChI is InChI=1S/C12H15BrN2O/c1-7(2)6-15-11-5-10(14)9(13)3-8(11)4-12(15)16/h3,5,7H,4,6,14H2,1-2H3. The van der Waals surface area contributed by atoms with E-state index in [1.165, 1.54) is 0 Å². The van der Waals surface area contributed by atoms with Gasteiger partial charge in [-0.3, -0.25) is 4.79 Å². The SMILES string of the molecule is CC(C)CN1C(=O)Cc2cc(Br)c(N)cc21. The van der Waals surface area contributed by atoms with E-state index < -0.39 is 0 Å². The van der Waals surface area contributed by atoms with Crippen molar-refractivity contribution in [3.8, 4) is 0 Å². The van der Waals surface area contributed by atoms with Crippen LogP contribution in [0.15, 0.2) is 16.6 Å². The van der Waals surface area contributed by atoms with Crippen LogP contribution in [0, 0.1) is 5.92 Å². The molecule has 0 fully saturated rings. The van der Waals surface area contributed by atoms with Gasteiger partial charge >= 0.3 is 0 Å². The van der Waals surface area contributed by atoms with Crippen LogP contribution in [0.4, 0.5) is 11.4 Å². The fourth-order valence-electron chi connectivity index (χ4n) is 1.97. The summed E-state index contributed by atoms with van der Waals surface area (Å²) < 4.78 is 0.866. The maximum absolute atomic E-state index is 11.9. The molecule has 0 saturated carbocycles. The van der Waals surface area contributed by atoms with E-state index in [1.54, 1.807) is 0 Å². The van der Waals surface area contributed by atoms with Gasteiger partial charge in [0.15, 0.2) is 0 Å². The van der Waals surface area contributed by atoms with Crippen molar-refractivity contribution in [1.82, 2.24) is 0 Å². The number of fused-ring (bicyclic) bond motifs is 1. The number of hydrogen-bond acceptors (Lipinski definition) is 2. The van der Waals surface area contributed by atoms with E-state index in [0.29, 0.717) is 18.0 Å². The lowest BCUT2D eigenvalue weighted by molar-refractivity contribution is -0.117. The minimum Gasteiger partial charge on any atom is -0.398 e. The Hall–Kier alpha value is -1.03. The minimum atomic E-state index is 0.168. The maximum atomic E-state index is 11.9. The molecule has 2 N–H and O–H groups in total. The third-order valence-corrected chi connectivity index (χ3v) is 3.37. The van der Waals surface area contributed by atoms with E-state index in [-0.39, 0.29) is 5.91 Å². The lowest BCUT2D eigenvalue weighted by Gasteiger charge is -2.20. The number of hydrogen-bond donors (Lipinski definition) is 1. The van der Waals surface area contributed by atoms with Gasteiger partial charge in [-0.05, 0) is 39.5 Å². The zero-order valence-electron chi connectivity index (χ0n) is 9.46. The zero-order valence-corrected chi connectivity index (χ0v) is 11.0. The summed E-state index contributed by atoms with van der Waals surface area (Å²) in [5, 5.41) is 0. The molecule has 2 rings (SSSR count). The molecule has 86 valence electrons. The number of carbonyl (C=O) groups excluding carboxylic acids is 1. The average molecular weight is 283 g/mol. The highest BCUT2D eigenvalue weighted by molar-refractivity contribution is 9.10. The van der Waals surface area contributed by atoms with Crippen molar-refractivity contribution < 1.29 is 4.79 Å². The molecule has 1 heterocycles. The Kier molecular flexibility index (Phi) is 2.93. The summed E-state index contributed by atoms with van der Waals surface area (Å²) in [6, 6.07) is 3.83. The molecule has 4 heteroatoms. The number of amides is 1. The number of nitrogens with two attached hydrogens (primary N) is 1. The van der Waals surface area contributed by atoms with Gasteiger partial charge < -0.3 is 10.6 Å². The van der Waals surface area contributed by atoms with Crippen LogP contribution in [-0.2, 0) is 11.2 Å². The number of halogens is 1. The second kappa shape index (κ2) is 4.09. The molecular weight excluding hydrogens is 268 g/mol. The molecule has 1 aromatic rings. The first-order chi connectivity index (χ1) is 7.49. The fraction of sp³-hybridized carbons (Fsp3) is 0.417. The van der Waals surface area contributed by atoms with E-state index >= 15 is 0 Å². The number of carbonyl (C=O) groups is 1. The molecule has 1 aliphatic rings. The molecule has 0 atom stereocenters. The van der Waals surface area contributed by atoms with Gasteiger partial charge in [-0.1, -0.05) is 13.8 Å². The van der Waals surface area contributed by atoms with Gasteiger partial charge in [0.2, 0.25) is 5.91 Å². The first-order valence-electron chi connectivity index (χ1n) is 5.37. The van der Waals surface area contributed by atoms with Crippen molar-refractivity contribution in [3.05, 3.63) is 22.2 Å². The summed E-state index contributed by atoms with van der Waals surface area (Å²) in [6.07, 6.45) is 0.487. The topological polar surface area (TPSA) is 46.3 Å². The monoisotopic (exact) mass is 282 g/mol. The largest absolute Gasteiger partial charge is 0.398 e. The van der Waals surface area contributed by atoms with Gasteiger partial charge in [0.1, 0.15) is 0 Å². The third kappa shape index (κ3) is 1.94. The highest BCUT2D eigenvalue weighted by Gasteiger charge is 2.28. The molecule has 0 saturated heterocycles. The Bertz CT molecular complexity index is 443. The Morgan fingerprint density at radius 3 is 2.81 bits per heavy atom. The minimum absolute atomic E-state index is 0.168. The van der Waals surface area contributed by atoms with Crippen molar-refractivity contribution in [1.29, 1.82) is 0 Å². The number of rotatable bonds is 2. The van der Waals surface area contributed by atoms with E-state index in [9.17, 15) is 4.79 Å². The summed E-state index contributed by atoms with van der Waals surface area (Å²) >= 11 is 3.38. The van der Waals surface area contributed by atoms with E-state index in [0.717, 1.165) is 22.3 Å². The van der Waals surface area contributed by atoms with Crippen LogP contribution in [-0.4, -0.2) is 12.5 Å². The van der Waals surface area contributed by atoms with Crippen LogP contribution < -0.4 is 10.6 Å². The number of anilines is 2. The summed E-state index contributed by atoms with van der Waals surface area (Å²) in [4.78, 5) is 13.7. The maximum Gasteiger partial charge on any atom is 0.231 e. The van der Waals surface area contributed by atoms with Gasteiger partial charge in [-0.15, -0.1) is 0 Å². The second-order valence-corrected chi connectivity index (χ2v) is 5.43. The molecule has 3 nitrogen and oxygen atoms in total. The van der Waals surface area contributed by atoms with Crippen molar-refractivity contribution in [2.24, 2.45) is 5.92 Å². The van der Waals surface area contributed by atoms with Crippen LogP contribution >= 0.6 is 15.9 Å². The summed E-state index contributed by atoms with van der Waals surface area (Å²) in [7, 11) is 0. The molecule has 1 aromatic carbocycles. The molecule has 0 aromatic heterocycles. The van der Waals surface area contributed by atoms with Gasteiger partial charge in [-0.25, -0.2) is 0 Å². The molecule has 0 radical (unpaired) electrons. The number of nitrogen functional groups attached to an aromatic ring is 1. The molecule has 0 aliphatic carbocycles. The van der Waals surface area contributed by atoms with Gasteiger partial charge in [0, 0.05) is 22.4 Å². The van der Waals surface area contributed by atoms with Crippen molar-refractivity contribution in [2.75, 3.05) is 17.2 Å². The van der Waals surface area contributed by atoms with Gasteiger partial charge in [0.05, 0.1) is 6.42 Å². The lowest BCUT2D eigenvalue weighted by Crippen LogP contribution is -2.30. The highest BCUT2D eigenvalue weighted by Crippen LogP contribution is 2.35. The molecule has 16 heavy (non-hydrogen) atoms. The fourth-order valence-corrected chi connectivity index (χ4v) is 2.36. The molecule has 1 amide bonds. The van der Waals surface area contributed by atoms with Crippen LogP contribution in [0.5, 0.6) is 0 Å². The highest BCUT2D eigenvalue weighted by atomic mass is 79.9. The van der Waals surface area contributed by atoms with E-state index in [1.807, 2.05) is 17.0 Å². The number of benzene rings is 1. The van der Waals surface area contributed by atoms with Crippen LogP contribution in [0.1, 0.15) is 19.4 Å². The first kappa shape index (κ1) is 11.5. The molecule has 0 spiro atoms. The van der Waals surface area contributed by atoms with E-state index in [2.05, 4.69) is 29.8 Å². The first-order valence-corrected chi connectivity index (χ1v) is 6.16. The van der Waals surface area contributed by atoms with Crippen molar-refractivity contribution in [3.63, 3.8) is 0 Å². The predicted molar refractivity (Wildman–Crippen MR) is 69.4 cm³/mol. The van der Waals surface area contributed by atoms with Gasteiger partial charge in [-0.2, -0.15) is 0 Å². The Labute approximate surface area is 104 Å². The van der Waals surface area contributed by atoms with Crippen LogP contribution in [0.3, 0.4) is 0 Å². The molecule has 0 unspecified atom stereocenters. The molecule has 0 bridgehead atoms. The lowest BCUT2D eigenvalue weighted by atomic mass is 10.1. The third-order valence-electron chi connectivity index (χ3n) is 2.68. The molecule has 1 aliphatic heterocycles.